The zero-order valence-corrected chi connectivity index (χ0v) is 7.73. The molecule has 0 aliphatic heterocycles. The van der Waals surface area contributed by atoms with E-state index in [4.69, 9.17) is 4.89 Å². The fourth-order valence-electron chi connectivity index (χ4n) is 0.224. The monoisotopic (exact) mass is 146 g/mol. The molecule has 2 radical (unpaired) electrons. The van der Waals surface area contributed by atoms with Crippen LogP contribution >= 0.6 is 7.37 Å². The van der Waals surface area contributed by atoms with Crippen molar-refractivity contribution in [3.05, 3.63) is 0 Å². The van der Waals surface area contributed by atoms with Crippen molar-refractivity contribution in [1.29, 1.82) is 0 Å². The smallest absolute Gasteiger partial charge is 0.200 e. The predicted molar refractivity (Wildman–Crippen MR) is 36.7 cm³/mol. The van der Waals surface area contributed by atoms with E-state index in [1.165, 1.54) is 0 Å². The average molecular weight is 146 g/mol. The number of rotatable bonds is 2. The molecule has 0 aromatic rings. The van der Waals surface area contributed by atoms with E-state index < -0.39 is 7.37 Å². The highest BCUT2D eigenvalue weighted by molar-refractivity contribution is 7.57. The molecule has 0 unspecified atom stereocenters. The standard InChI is InChI=1S/C4H11O2P.Mg/c1-3-7(5,6)4-2;/h3-4H2,1-2H3,(H,5,6);. The van der Waals surface area contributed by atoms with Gasteiger partial charge in [0, 0.05) is 35.4 Å². The van der Waals surface area contributed by atoms with Crippen LogP contribution in [0.15, 0.2) is 0 Å². The van der Waals surface area contributed by atoms with Gasteiger partial charge in [-0.1, -0.05) is 13.8 Å². The van der Waals surface area contributed by atoms with Gasteiger partial charge in [-0.15, -0.1) is 0 Å². The first kappa shape index (κ1) is 11.7. The second-order valence-electron chi connectivity index (χ2n) is 1.48. The van der Waals surface area contributed by atoms with E-state index in [2.05, 4.69) is 0 Å². The van der Waals surface area contributed by atoms with Crippen molar-refractivity contribution in [2.24, 2.45) is 0 Å². The van der Waals surface area contributed by atoms with Gasteiger partial charge in [0.1, 0.15) is 0 Å². The molecule has 0 aliphatic rings. The largest absolute Gasteiger partial charge is 0.344 e. The maximum atomic E-state index is 10.5. The Bertz CT molecular complexity index is 86.0. The molecule has 0 saturated heterocycles. The summed E-state index contributed by atoms with van der Waals surface area (Å²) in [5.74, 6) is 0. The maximum Gasteiger partial charge on any atom is 0.200 e. The lowest BCUT2D eigenvalue weighted by Gasteiger charge is -2.01. The number of hydrogen-bond acceptors (Lipinski definition) is 1. The lowest BCUT2D eigenvalue weighted by molar-refractivity contribution is 0.481. The second kappa shape index (κ2) is 4.80. The van der Waals surface area contributed by atoms with Crippen LogP contribution in [0.2, 0.25) is 0 Å². The van der Waals surface area contributed by atoms with Gasteiger partial charge in [-0.25, -0.2) is 0 Å². The summed E-state index contributed by atoms with van der Waals surface area (Å²) < 4.78 is 10.5. The minimum absolute atomic E-state index is 0. The van der Waals surface area contributed by atoms with E-state index in [0.29, 0.717) is 12.3 Å². The van der Waals surface area contributed by atoms with Crippen molar-refractivity contribution in [2.75, 3.05) is 12.3 Å². The Morgan fingerprint density at radius 1 is 1.38 bits per heavy atom. The van der Waals surface area contributed by atoms with Gasteiger partial charge in [-0.3, -0.25) is 4.57 Å². The zero-order valence-electron chi connectivity index (χ0n) is 5.42. The van der Waals surface area contributed by atoms with Gasteiger partial charge >= 0.3 is 0 Å². The van der Waals surface area contributed by atoms with Gasteiger partial charge in [-0.2, -0.15) is 0 Å². The topological polar surface area (TPSA) is 37.3 Å². The van der Waals surface area contributed by atoms with Crippen LogP contribution in [-0.4, -0.2) is 40.3 Å². The van der Waals surface area contributed by atoms with Gasteiger partial charge in [0.2, 0.25) is 0 Å². The Morgan fingerprint density at radius 2 is 1.62 bits per heavy atom. The van der Waals surface area contributed by atoms with Crippen molar-refractivity contribution in [3.8, 4) is 0 Å². The van der Waals surface area contributed by atoms with Crippen LogP contribution in [0.3, 0.4) is 0 Å². The van der Waals surface area contributed by atoms with Crippen LogP contribution in [0.25, 0.3) is 0 Å². The predicted octanol–water partition coefficient (Wildman–Crippen LogP) is 0.916. The molecular formula is C4H11MgO2P. The normalized spacial score (nSPS) is 10.4. The SMILES string of the molecule is CCP(=O)(O)CC.[Mg]. The molecule has 0 aromatic carbocycles. The third-order valence-corrected chi connectivity index (χ3v) is 2.96. The van der Waals surface area contributed by atoms with E-state index in [9.17, 15) is 4.57 Å². The molecule has 4 heteroatoms. The van der Waals surface area contributed by atoms with Crippen molar-refractivity contribution in [1.82, 2.24) is 0 Å². The third kappa shape index (κ3) is 5.10. The van der Waals surface area contributed by atoms with Gasteiger partial charge < -0.3 is 4.89 Å². The minimum atomic E-state index is -2.65. The van der Waals surface area contributed by atoms with Crippen LogP contribution in [-0.2, 0) is 4.57 Å². The minimum Gasteiger partial charge on any atom is -0.344 e. The van der Waals surface area contributed by atoms with Crippen LogP contribution in [0.4, 0.5) is 0 Å². The molecule has 2 nitrogen and oxygen atoms in total. The second-order valence-corrected chi connectivity index (χ2v) is 4.44. The summed E-state index contributed by atoms with van der Waals surface area (Å²) in [7, 11) is -2.65. The first-order valence-electron chi connectivity index (χ1n) is 2.43. The third-order valence-electron chi connectivity index (χ3n) is 0.988. The van der Waals surface area contributed by atoms with E-state index in [-0.39, 0.29) is 23.1 Å². The Labute approximate surface area is 66.3 Å². The van der Waals surface area contributed by atoms with Gasteiger partial charge in [0.15, 0.2) is 7.37 Å². The van der Waals surface area contributed by atoms with E-state index in [0.717, 1.165) is 0 Å². The zero-order chi connectivity index (χ0) is 5.91. The van der Waals surface area contributed by atoms with Crippen LogP contribution in [0.1, 0.15) is 13.8 Å². The lowest BCUT2D eigenvalue weighted by Crippen LogP contribution is -1.84. The Morgan fingerprint density at radius 3 is 1.62 bits per heavy atom. The highest BCUT2D eigenvalue weighted by atomic mass is 31.2. The van der Waals surface area contributed by atoms with Crippen LogP contribution in [0, 0.1) is 0 Å². The van der Waals surface area contributed by atoms with Gasteiger partial charge in [-0.05, 0) is 0 Å². The van der Waals surface area contributed by atoms with Crippen molar-refractivity contribution >= 4 is 30.4 Å². The van der Waals surface area contributed by atoms with Crippen LogP contribution < -0.4 is 0 Å². The molecule has 0 fully saturated rings. The quantitative estimate of drug-likeness (QED) is 0.465. The van der Waals surface area contributed by atoms with E-state index in [1.54, 1.807) is 13.8 Å². The van der Waals surface area contributed by atoms with Gasteiger partial charge in [0.25, 0.3) is 0 Å². The molecule has 0 heterocycles. The van der Waals surface area contributed by atoms with Crippen molar-refractivity contribution < 1.29 is 9.46 Å². The summed E-state index contributed by atoms with van der Waals surface area (Å²) >= 11 is 0. The first-order valence-corrected chi connectivity index (χ1v) is 4.46. The summed E-state index contributed by atoms with van der Waals surface area (Å²) in [5.41, 5.74) is 0. The van der Waals surface area contributed by atoms with Crippen molar-refractivity contribution in [3.63, 3.8) is 0 Å². The molecule has 0 rings (SSSR count). The van der Waals surface area contributed by atoms with E-state index >= 15 is 0 Å². The maximum absolute atomic E-state index is 10.5. The summed E-state index contributed by atoms with van der Waals surface area (Å²) in [6.45, 7) is 3.45. The van der Waals surface area contributed by atoms with E-state index in [1.807, 2.05) is 0 Å². The molecule has 0 saturated carbocycles. The lowest BCUT2D eigenvalue weighted by atomic mass is 11.0. The average Bonchev–Trinajstić information content (AvgIpc) is 1.68. The summed E-state index contributed by atoms with van der Waals surface area (Å²) in [5, 5.41) is 0. The summed E-state index contributed by atoms with van der Waals surface area (Å²) in [4.78, 5) is 8.69. The molecule has 0 amide bonds. The molecule has 0 aromatic heterocycles. The molecule has 46 valence electrons. The molecule has 8 heavy (non-hydrogen) atoms. The Hall–Kier alpha value is 0.956. The molecule has 0 atom stereocenters. The summed E-state index contributed by atoms with van der Waals surface area (Å²) in [6, 6.07) is 0. The molecule has 0 bridgehead atoms. The molecule has 0 aliphatic carbocycles. The van der Waals surface area contributed by atoms with Gasteiger partial charge in [0.05, 0.1) is 0 Å². The first-order chi connectivity index (χ1) is 3.12. The Balaban J connectivity index is 0. The molecule has 1 N–H and O–H groups in total. The fraction of sp³-hybridized carbons (Fsp3) is 1.00. The summed E-state index contributed by atoms with van der Waals surface area (Å²) in [6.07, 6.45) is 0.812. The highest BCUT2D eigenvalue weighted by Gasteiger charge is 2.08. The molecule has 0 spiro atoms. The van der Waals surface area contributed by atoms with Crippen LogP contribution in [0.5, 0.6) is 0 Å². The highest BCUT2D eigenvalue weighted by Crippen LogP contribution is 2.38. The Kier molecular flexibility index (Phi) is 7.03. The fourth-order valence-corrected chi connectivity index (χ4v) is 0.671. The molecular weight excluding hydrogens is 135 g/mol. The number of hydrogen-bond donors (Lipinski definition) is 1. The van der Waals surface area contributed by atoms with Crippen molar-refractivity contribution in [2.45, 2.75) is 13.8 Å².